The number of hydrogen-bond acceptors (Lipinski definition) is 4. The number of rotatable bonds is 6. The van der Waals surface area contributed by atoms with Gasteiger partial charge in [-0.15, -0.1) is 0 Å². The molecule has 1 amide bonds. The number of hydrogen-bond donors (Lipinski definition) is 2. The maximum Gasteiger partial charge on any atom is 0.239 e. The summed E-state index contributed by atoms with van der Waals surface area (Å²) in [6.45, 7) is 2.38. The van der Waals surface area contributed by atoms with Crippen LogP contribution >= 0.6 is 22.6 Å². The number of benzene rings is 2. The summed E-state index contributed by atoms with van der Waals surface area (Å²) in [5.41, 5.74) is 0.417. The summed E-state index contributed by atoms with van der Waals surface area (Å²) >= 11 is 2.07. The van der Waals surface area contributed by atoms with Crippen molar-refractivity contribution in [3.05, 3.63) is 52.1 Å². The van der Waals surface area contributed by atoms with Crippen LogP contribution in [0.5, 0.6) is 0 Å². The van der Waals surface area contributed by atoms with E-state index in [0.717, 1.165) is 3.57 Å². The van der Waals surface area contributed by atoms with Gasteiger partial charge >= 0.3 is 0 Å². The van der Waals surface area contributed by atoms with E-state index in [2.05, 4.69) is 33.2 Å². The van der Waals surface area contributed by atoms with Crippen molar-refractivity contribution in [2.24, 2.45) is 0 Å². The molecule has 0 bridgehead atoms. The van der Waals surface area contributed by atoms with Crippen molar-refractivity contribution >= 4 is 44.0 Å². The molecular formula is C16H17IN2O3S. The van der Waals surface area contributed by atoms with Gasteiger partial charge in [0.05, 0.1) is 22.0 Å². The first-order valence-corrected chi connectivity index (χ1v) is 9.61. The molecule has 7 heteroatoms. The molecule has 2 aromatic carbocycles. The van der Waals surface area contributed by atoms with Crippen LogP contribution in [-0.4, -0.2) is 27.4 Å². The topological polar surface area (TPSA) is 75.3 Å². The van der Waals surface area contributed by atoms with Gasteiger partial charge in [-0.05, 0) is 59.8 Å². The van der Waals surface area contributed by atoms with Crippen LogP contribution in [0.1, 0.15) is 6.92 Å². The molecule has 2 rings (SSSR count). The number of amides is 1. The van der Waals surface area contributed by atoms with Gasteiger partial charge in [0, 0.05) is 10.1 Å². The van der Waals surface area contributed by atoms with Crippen molar-refractivity contribution in [2.75, 3.05) is 18.4 Å². The van der Waals surface area contributed by atoms with E-state index < -0.39 is 9.84 Å². The van der Waals surface area contributed by atoms with E-state index in [4.69, 9.17) is 0 Å². The second-order valence-corrected chi connectivity index (χ2v) is 7.93. The highest BCUT2D eigenvalue weighted by Crippen LogP contribution is 2.29. The van der Waals surface area contributed by atoms with Gasteiger partial charge in [-0.1, -0.05) is 18.2 Å². The number of sulfone groups is 1. The molecule has 2 aromatic rings. The molecule has 0 unspecified atom stereocenters. The molecular weight excluding hydrogens is 427 g/mol. The highest BCUT2D eigenvalue weighted by molar-refractivity contribution is 14.1. The standard InChI is InChI=1S/C16H17IN2O3S/c1-2-18-16(20)11-19-14-9-8-12(17)10-15(14)23(21,22)13-6-4-3-5-7-13/h3-10,19H,2,11H2,1H3,(H,18,20). The highest BCUT2D eigenvalue weighted by Gasteiger charge is 2.21. The van der Waals surface area contributed by atoms with Crippen LogP contribution in [-0.2, 0) is 14.6 Å². The molecule has 0 spiro atoms. The quantitative estimate of drug-likeness (QED) is 0.672. The molecule has 0 radical (unpaired) electrons. The zero-order valence-corrected chi connectivity index (χ0v) is 15.5. The van der Waals surface area contributed by atoms with E-state index in [9.17, 15) is 13.2 Å². The normalized spacial score (nSPS) is 11.0. The smallest absolute Gasteiger partial charge is 0.239 e. The van der Waals surface area contributed by atoms with Crippen LogP contribution in [0.15, 0.2) is 58.3 Å². The monoisotopic (exact) mass is 444 g/mol. The Kier molecular flexibility index (Phi) is 6.00. The van der Waals surface area contributed by atoms with Gasteiger partial charge in [0.25, 0.3) is 0 Å². The summed E-state index contributed by atoms with van der Waals surface area (Å²) in [6, 6.07) is 13.3. The molecule has 0 heterocycles. The van der Waals surface area contributed by atoms with Gasteiger partial charge < -0.3 is 10.6 Å². The average Bonchev–Trinajstić information content (AvgIpc) is 2.54. The molecule has 0 saturated carbocycles. The van der Waals surface area contributed by atoms with E-state index in [1.807, 2.05) is 6.92 Å². The third-order valence-corrected chi connectivity index (χ3v) is 5.58. The fourth-order valence-corrected chi connectivity index (χ4v) is 4.21. The van der Waals surface area contributed by atoms with Crippen LogP contribution in [0.25, 0.3) is 0 Å². The van der Waals surface area contributed by atoms with Crippen LogP contribution in [0.4, 0.5) is 5.69 Å². The summed E-state index contributed by atoms with van der Waals surface area (Å²) in [5.74, 6) is -0.186. The van der Waals surface area contributed by atoms with E-state index in [0.29, 0.717) is 12.2 Å². The molecule has 122 valence electrons. The lowest BCUT2D eigenvalue weighted by atomic mass is 10.3. The predicted octanol–water partition coefficient (Wildman–Crippen LogP) is 2.67. The number of nitrogens with one attached hydrogen (secondary N) is 2. The maximum atomic E-state index is 12.8. The van der Waals surface area contributed by atoms with Gasteiger partial charge in [0.15, 0.2) is 0 Å². The summed E-state index contributed by atoms with van der Waals surface area (Å²) in [7, 11) is -3.65. The second kappa shape index (κ2) is 7.78. The number of anilines is 1. The molecule has 0 atom stereocenters. The average molecular weight is 444 g/mol. The molecule has 0 fully saturated rings. The Bertz CT molecular complexity index is 792. The molecule has 5 nitrogen and oxygen atoms in total. The molecule has 2 N–H and O–H groups in total. The third kappa shape index (κ3) is 4.44. The lowest BCUT2D eigenvalue weighted by Crippen LogP contribution is -2.29. The fourth-order valence-electron chi connectivity index (χ4n) is 2.03. The first-order valence-electron chi connectivity index (χ1n) is 7.05. The second-order valence-electron chi connectivity index (χ2n) is 4.76. The Balaban J connectivity index is 2.38. The van der Waals surface area contributed by atoms with Gasteiger partial charge in [-0.25, -0.2) is 8.42 Å². The van der Waals surface area contributed by atoms with Crippen molar-refractivity contribution < 1.29 is 13.2 Å². The van der Waals surface area contributed by atoms with E-state index in [1.165, 1.54) is 0 Å². The van der Waals surface area contributed by atoms with Gasteiger partial charge in [-0.3, -0.25) is 4.79 Å². The largest absolute Gasteiger partial charge is 0.375 e. The summed E-state index contributed by atoms with van der Waals surface area (Å²) in [4.78, 5) is 12.0. The maximum absolute atomic E-state index is 12.8. The van der Waals surface area contributed by atoms with Crippen molar-refractivity contribution in [3.63, 3.8) is 0 Å². The van der Waals surface area contributed by atoms with Crippen LogP contribution in [0.2, 0.25) is 0 Å². The molecule has 0 aliphatic rings. The Morgan fingerprint density at radius 2 is 1.83 bits per heavy atom. The number of halogens is 1. The van der Waals surface area contributed by atoms with Crippen molar-refractivity contribution in [1.82, 2.24) is 5.32 Å². The SMILES string of the molecule is CCNC(=O)CNc1ccc(I)cc1S(=O)(=O)c1ccccc1. The first-order chi connectivity index (χ1) is 10.9. The zero-order valence-electron chi connectivity index (χ0n) is 12.5. The highest BCUT2D eigenvalue weighted by atomic mass is 127. The first kappa shape index (κ1) is 17.7. The van der Waals surface area contributed by atoms with Crippen LogP contribution in [0, 0.1) is 3.57 Å². The molecule has 0 saturated heterocycles. The van der Waals surface area contributed by atoms with Crippen molar-refractivity contribution in [2.45, 2.75) is 16.7 Å². The molecule has 0 aliphatic heterocycles. The van der Waals surface area contributed by atoms with E-state index in [1.54, 1.807) is 48.5 Å². The number of likely N-dealkylation sites (N-methyl/N-ethyl adjacent to an activating group) is 1. The van der Waals surface area contributed by atoms with E-state index in [-0.39, 0.29) is 22.2 Å². The van der Waals surface area contributed by atoms with Crippen molar-refractivity contribution in [1.29, 1.82) is 0 Å². The van der Waals surface area contributed by atoms with Gasteiger partial charge in [0.2, 0.25) is 15.7 Å². The minimum Gasteiger partial charge on any atom is -0.375 e. The van der Waals surface area contributed by atoms with E-state index >= 15 is 0 Å². The Hall–Kier alpha value is -1.61. The number of carbonyl (C=O) groups excluding carboxylic acids is 1. The Morgan fingerprint density at radius 3 is 2.48 bits per heavy atom. The van der Waals surface area contributed by atoms with Crippen LogP contribution < -0.4 is 10.6 Å². The summed E-state index contributed by atoms with van der Waals surface area (Å²) in [5, 5.41) is 5.57. The summed E-state index contributed by atoms with van der Waals surface area (Å²) < 4.78 is 26.5. The molecule has 23 heavy (non-hydrogen) atoms. The Morgan fingerprint density at radius 1 is 1.13 bits per heavy atom. The predicted molar refractivity (Wildman–Crippen MR) is 98.2 cm³/mol. The summed E-state index contributed by atoms with van der Waals surface area (Å²) in [6.07, 6.45) is 0. The van der Waals surface area contributed by atoms with Crippen LogP contribution in [0.3, 0.4) is 0 Å². The molecule has 0 aromatic heterocycles. The zero-order chi connectivity index (χ0) is 16.9. The number of carbonyl (C=O) groups is 1. The van der Waals surface area contributed by atoms with Gasteiger partial charge in [-0.2, -0.15) is 0 Å². The molecule has 0 aliphatic carbocycles. The minimum atomic E-state index is -3.65. The Labute approximate surface area is 149 Å². The fraction of sp³-hybridized carbons (Fsp3) is 0.188. The third-order valence-electron chi connectivity index (χ3n) is 3.10. The van der Waals surface area contributed by atoms with Gasteiger partial charge in [0.1, 0.15) is 0 Å². The lowest BCUT2D eigenvalue weighted by molar-refractivity contribution is -0.119. The minimum absolute atomic E-state index is 0.0196. The van der Waals surface area contributed by atoms with Crippen molar-refractivity contribution in [3.8, 4) is 0 Å². The lowest BCUT2D eigenvalue weighted by Gasteiger charge is -2.13.